The molecule has 0 fully saturated rings. The zero-order valence-electron chi connectivity index (χ0n) is 13.7. The second-order valence-corrected chi connectivity index (χ2v) is 7.26. The molecule has 0 saturated carbocycles. The van der Waals surface area contributed by atoms with Gasteiger partial charge < -0.3 is 14.3 Å². The van der Waals surface area contributed by atoms with E-state index in [1.807, 2.05) is 4.57 Å². The van der Waals surface area contributed by atoms with E-state index in [1.165, 1.54) is 0 Å². The predicted molar refractivity (Wildman–Crippen MR) is 93.3 cm³/mol. The fraction of sp³-hybridized carbons (Fsp3) is 0.529. The third kappa shape index (κ3) is 3.22. The first-order valence-corrected chi connectivity index (χ1v) is 8.83. The number of nitrogens with zero attached hydrogens (tertiary/aromatic N) is 1. The molecular formula is C17H20ClFN2O2S. The van der Waals surface area contributed by atoms with Gasteiger partial charge in [-0.05, 0) is 44.1 Å². The van der Waals surface area contributed by atoms with Crippen molar-refractivity contribution in [1.29, 1.82) is 0 Å². The van der Waals surface area contributed by atoms with Crippen LogP contribution in [0.2, 0.25) is 0 Å². The molecule has 0 saturated heterocycles. The highest BCUT2D eigenvalue weighted by Crippen LogP contribution is 2.41. The van der Waals surface area contributed by atoms with E-state index < -0.39 is 5.67 Å². The molecule has 0 spiro atoms. The van der Waals surface area contributed by atoms with Gasteiger partial charge in [0, 0.05) is 35.3 Å². The van der Waals surface area contributed by atoms with Crippen molar-refractivity contribution in [1.82, 2.24) is 9.55 Å². The number of allylic oxidation sites excluding steroid dienone is 4. The van der Waals surface area contributed by atoms with Gasteiger partial charge in [-0.2, -0.15) is 0 Å². The molecule has 0 bridgehead atoms. The SMILES string of the molecule is CCOC(=O)Cc1[nH]c(=S)n2c1C[C@H](C1=CC(Cl)=CCC1(C)F)C2. The number of nitrogens with one attached hydrogen (secondary N) is 1. The summed E-state index contributed by atoms with van der Waals surface area (Å²) in [4.78, 5) is 14.9. The van der Waals surface area contributed by atoms with Crippen LogP contribution in [0.25, 0.3) is 0 Å². The number of carbonyl (C=O) groups excluding carboxylic acids is 1. The summed E-state index contributed by atoms with van der Waals surface area (Å²) in [5.74, 6) is -0.298. The van der Waals surface area contributed by atoms with Crippen LogP contribution in [0.3, 0.4) is 0 Å². The average Bonchev–Trinajstić information content (AvgIpc) is 3.04. The number of H-pyrrole nitrogens is 1. The number of carbonyl (C=O) groups is 1. The van der Waals surface area contributed by atoms with Gasteiger partial charge in [0.1, 0.15) is 5.67 Å². The number of imidazole rings is 1. The molecule has 1 N–H and O–H groups in total. The van der Waals surface area contributed by atoms with E-state index in [-0.39, 0.29) is 24.7 Å². The van der Waals surface area contributed by atoms with E-state index in [1.54, 1.807) is 26.0 Å². The summed E-state index contributed by atoms with van der Waals surface area (Å²) >= 11 is 11.4. The number of ether oxygens (including phenoxy) is 1. The number of aromatic amines is 1. The number of hydrogen-bond acceptors (Lipinski definition) is 3. The van der Waals surface area contributed by atoms with Gasteiger partial charge in [0.05, 0.1) is 13.0 Å². The molecule has 1 aromatic rings. The first-order valence-electron chi connectivity index (χ1n) is 8.04. The molecule has 0 radical (unpaired) electrons. The third-order valence-corrected chi connectivity index (χ3v) is 5.25. The number of fused-ring (bicyclic) bond motifs is 1. The summed E-state index contributed by atoms with van der Waals surface area (Å²) in [6.07, 6.45) is 4.51. The van der Waals surface area contributed by atoms with Gasteiger partial charge in [0.15, 0.2) is 4.77 Å². The Labute approximate surface area is 150 Å². The number of alkyl halides is 1. The quantitative estimate of drug-likeness (QED) is 0.643. The summed E-state index contributed by atoms with van der Waals surface area (Å²) in [6, 6.07) is 0. The van der Waals surface area contributed by atoms with Crippen molar-refractivity contribution in [2.75, 3.05) is 6.61 Å². The van der Waals surface area contributed by atoms with Crippen LogP contribution in [0.1, 0.15) is 31.7 Å². The third-order valence-electron chi connectivity index (χ3n) is 4.66. The van der Waals surface area contributed by atoms with E-state index in [0.29, 0.717) is 34.9 Å². The number of rotatable bonds is 4. The Morgan fingerprint density at radius 2 is 2.38 bits per heavy atom. The Morgan fingerprint density at radius 1 is 1.62 bits per heavy atom. The van der Waals surface area contributed by atoms with E-state index >= 15 is 0 Å². The minimum absolute atomic E-state index is 0.00491. The standard InChI is InChI=1S/C17H20ClFN2O2S/c1-3-23-15(22)8-13-14-6-10(9-21(14)16(24)20-13)12-7-11(18)4-5-17(12,2)19/h4,7,10H,3,5-6,8-9H2,1-2H3,(H,20,24)/t10-,17?/m0/s1. The van der Waals surface area contributed by atoms with Crippen LogP contribution in [0, 0.1) is 10.7 Å². The van der Waals surface area contributed by atoms with Crippen LogP contribution in [-0.2, 0) is 28.9 Å². The number of halogens is 2. The second kappa shape index (κ2) is 6.48. The van der Waals surface area contributed by atoms with Crippen molar-refractivity contribution in [2.45, 2.75) is 45.3 Å². The molecule has 130 valence electrons. The molecular weight excluding hydrogens is 351 g/mol. The fourth-order valence-corrected chi connectivity index (χ4v) is 4.02. The predicted octanol–water partition coefficient (Wildman–Crippen LogP) is 4.00. The van der Waals surface area contributed by atoms with E-state index in [4.69, 9.17) is 28.6 Å². The maximum Gasteiger partial charge on any atom is 0.311 e. The minimum Gasteiger partial charge on any atom is -0.466 e. The highest BCUT2D eigenvalue weighted by molar-refractivity contribution is 7.71. The molecule has 1 aliphatic heterocycles. The smallest absolute Gasteiger partial charge is 0.311 e. The van der Waals surface area contributed by atoms with Gasteiger partial charge in [-0.15, -0.1) is 0 Å². The molecule has 4 nitrogen and oxygen atoms in total. The molecule has 0 amide bonds. The lowest BCUT2D eigenvalue weighted by molar-refractivity contribution is -0.142. The van der Waals surface area contributed by atoms with Crippen LogP contribution in [0.15, 0.2) is 22.8 Å². The molecule has 24 heavy (non-hydrogen) atoms. The fourth-order valence-electron chi connectivity index (χ4n) is 3.52. The molecule has 0 aromatic carbocycles. The maximum absolute atomic E-state index is 14.9. The number of aromatic nitrogens is 2. The van der Waals surface area contributed by atoms with Crippen molar-refractivity contribution >= 4 is 29.8 Å². The summed E-state index contributed by atoms with van der Waals surface area (Å²) in [5, 5.41) is 0.577. The first-order chi connectivity index (χ1) is 11.3. The Kier molecular flexibility index (Phi) is 4.71. The van der Waals surface area contributed by atoms with Gasteiger partial charge in [-0.1, -0.05) is 17.7 Å². The highest BCUT2D eigenvalue weighted by atomic mass is 35.5. The van der Waals surface area contributed by atoms with Gasteiger partial charge in [0.25, 0.3) is 0 Å². The number of hydrogen-bond donors (Lipinski definition) is 1. The molecule has 1 unspecified atom stereocenters. The van der Waals surface area contributed by atoms with Crippen molar-refractivity contribution < 1.29 is 13.9 Å². The molecule has 2 heterocycles. The van der Waals surface area contributed by atoms with E-state index in [9.17, 15) is 9.18 Å². The normalized spacial score (nSPS) is 25.9. The zero-order chi connectivity index (χ0) is 17.5. The Morgan fingerprint density at radius 3 is 3.08 bits per heavy atom. The van der Waals surface area contributed by atoms with Crippen LogP contribution in [-0.4, -0.2) is 27.8 Å². The summed E-state index contributed by atoms with van der Waals surface area (Å²) in [6.45, 7) is 4.31. The number of esters is 1. The molecule has 2 atom stereocenters. The average molecular weight is 371 g/mol. The lowest BCUT2D eigenvalue weighted by Crippen LogP contribution is -2.28. The van der Waals surface area contributed by atoms with Crippen LogP contribution in [0.4, 0.5) is 4.39 Å². The summed E-state index contributed by atoms with van der Waals surface area (Å²) < 4.78 is 22.4. The van der Waals surface area contributed by atoms with Crippen molar-refractivity contribution in [3.8, 4) is 0 Å². The maximum atomic E-state index is 14.9. The minimum atomic E-state index is -1.40. The van der Waals surface area contributed by atoms with Crippen LogP contribution in [0.5, 0.6) is 0 Å². The van der Waals surface area contributed by atoms with Crippen molar-refractivity contribution in [3.05, 3.63) is 38.9 Å². The molecule has 1 aliphatic carbocycles. The van der Waals surface area contributed by atoms with Gasteiger partial charge in [0.2, 0.25) is 0 Å². The van der Waals surface area contributed by atoms with Crippen molar-refractivity contribution in [2.24, 2.45) is 5.92 Å². The first kappa shape index (κ1) is 17.4. The van der Waals surface area contributed by atoms with Gasteiger partial charge >= 0.3 is 5.97 Å². The van der Waals surface area contributed by atoms with E-state index in [0.717, 1.165) is 11.4 Å². The topological polar surface area (TPSA) is 47.0 Å². The lowest BCUT2D eigenvalue weighted by Gasteiger charge is -2.30. The Bertz CT molecular complexity index is 791. The van der Waals surface area contributed by atoms with Crippen molar-refractivity contribution in [3.63, 3.8) is 0 Å². The van der Waals surface area contributed by atoms with Gasteiger partial charge in [-0.3, -0.25) is 4.79 Å². The lowest BCUT2D eigenvalue weighted by atomic mass is 9.80. The Balaban J connectivity index is 1.86. The summed E-state index contributed by atoms with van der Waals surface area (Å²) in [7, 11) is 0. The zero-order valence-corrected chi connectivity index (χ0v) is 15.3. The largest absolute Gasteiger partial charge is 0.466 e. The summed E-state index contributed by atoms with van der Waals surface area (Å²) in [5.41, 5.74) is 1.02. The van der Waals surface area contributed by atoms with Crippen LogP contribution >= 0.6 is 23.8 Å². The Hall–Kier alpha value is -1.40. The van der Waals surface area contributed by atoms with Crippen LogP contribution < -0.4 is 0 Å². The molecule has 2 aliphatic rings. The molecule has 1 aromatic heterocycles. The monoisotopic (exact) mass is 370 g/mol. The molecule has 7 heteroatoms. The van der Waals surface area contributed by atoms with Gasteiger partial charge in [-0.25, -0.2) is 4.39 Å². The van der Waals surface area contributed by atoms with E-state index in [2.05, 4.69) is 4.98 Å². The second-order valence-electron chi connectivity index (χ2n) is 6.44. The molecule has 3 rings (SSSR count). The highest BCUT2D eigenvalue weighted by Gasteiger charge is 2.39.